The van der Waals surface area contributed by atoms with E-state index in [9.17, 15) is 35.1 Å². The van der Waals surface area contributed by atoms with Gasteiger partial charge in [0.05, 0.1) is 30.5 Å². The maximum absolute atomic E-state index is 13.3. The van der Waals surface area contributed by atoms with Crippen molar-refractivity contribution in [1.82, 2.24) is 5.32 Å². The SMILES string of the molecule is CC=C(CO)C(=O)OC1Cc2c(c(-c3cccc(O)c3)c3oc(CO)cc(=O)c3c2O)OC1(C)C(CO)CC1=CNC(N)C=C1. The smallest absolute Gasteiger partial charge is 0.336 e. The molecule has 0 saturated carbocycles. The predicted molar refractivity (Wildman–Crippen MR) is 164 cm³/mol. The van der Waals surface area contributed by atoms with E-state index in [1.807, 2.05) is 6.08 Å². The summed E-state index contributed by atoms with van der Waals surface area (Å²) in [6.45, 7) is 1.68. The average Bonchev–Trinajstić information content (AvgIpc) is 3.02. The van der Waals surface area contributed by atoms with E-state index in [0.29, 0.717) is 5.56 Å². The van der Waals surface area contributed by atoms with E-state index in [1.54, 1.807) is 38.3 Å². The first kappa shape index (κ1) is 31.8. The van der Waals surface area contributed by atoms with E-state index in [0.717, 1.165) is 11.6 Å². The molecule has 0 saturated heterocycles. The molecule has 238 valence electrons. The van der Waals surface area contributed by atoms with E-state index in [-0.39, 0.29) is 63.9 Å². The Balaban J connectivity index is 1.76. The van der Waals surface area contributed by atoms with Crippen molar-refractivity contribution in [3.8, 4) is 28.4 Å². The summed E-state index contributed by atoms with van der Waals surface area (Å²) in [4.78, 5) is 26.4. The largest absolute Gasteiger partial charge is 0.508 e. The van der Waals surface area contributed by atoms with Crippen LogP contribution < -0.4 is 21.2 Å². The molecule has 0 bridgehead atoms. The van der Waals surface area contributed by atoms with Crippen LogP contribution in [0.1, 0.15) is 31.6 Å². The van der Waals surface area contributed by atoms with Gasteiger partial charge in [0, 0.05) is 30.2 Å². The summed E-state index contributed by atoms with van der Waals surface area (Å²) >= 11 is 0. The van der Waals surface area contributed by atoms with Gasteiger partial charge in [-0.3, -0.25) is 4.79 Å². The Kier molecular flexibility index (Phi) is 9.03. The zero-order chi connectivity index (χ0) is 32.5. The third kappa shape index (κ3) is 5.92. The number of dihydropyridines is 1. The van der Waals surface area contributed by atoms with Crippen LogP contribution in [0.25, 0.3) is 22.1 Å². The zero-order valence-corrected chi connectivity index (χ0v) is 24.8. The summed E-state index contributed by atoms with van der Waals surface area (Å²) in [5.74, 6) is -2.05. The Bertz CT molecular complexity index is 1780. The van der Waals surface area contributed by atoms with Crippen LogP contribution in [0.5, 0.6) is 17.2 Å². The molecule has 0 fully saturated rings. The lowest BCUT2D eigenvalue weighted by Crippen LogP contribution is -2.57. The first-order valence-electron chi connectivity index (χ1n) is 14.4. The summed E-state index contributed by atoms with van der Waals surface area (Å²) < 4.78 is 18.6. The number of benzene rings is 2. The Labute approximate surface area is 258 Å². The second-order valence-corrected chi connectivity index (χ2v) is 11.2. The van der Waals surface area contributed by atoms with E-state index in [4.69, 9.17) is 19.6 Å². The molecule has 12 nitrogen and oxygen atoms in total. The fourth-order valence-corrected chi connectivity index (χ4v) is 5.81. The molecular formula is C33H36N2O10. The molecule has 1 aromatic heterocycles. The molecular weight excluding hydrogens is 584 g/mol. The number of phenolic OH excluding ortho intramolecular Hbond substituents is 2. The van der Waals surface area contributed by atoms with Crippen molar-refractivity contribution >= 4 is 16.9 Å². The van der Waals surface area contributed by atoms with Crippen LogP contribution >= 0.6 is 0 Å². The molecule has 2 aliphatic heterocycles. The highest BCUT2D eigenvalue weighted by Gasteiger charge is 2.51. The number of carbonyl (C=O) groups is 1. The molecule has 3 aromatic rings. The van der Waals surface area contributed by atoms with Crippen molar-refractivity contribution in [3.05, 3.63) is 87.5 Å². The van der Waals surface area contributed by atoms with Gasteiger partial charge in [-0.05, 0) is 49.6 Å². The van der Waals surface area contributed by atoms with Crippen molar-refractivity contribution in [1.29, 1.82) is 0 Å². The van der Waals surface area contributed by atoms with Gasteiger partial charge < -0.3 is 50.5 Å². The quantitative estimate of drug-likeness (QED) is 0.136. The van der Waals surface area contributed by atoms with Gasteiger partial charge in [-0.1, -0.05) is 24.3 Å². The van der Waals surface area contributed by atoms with Crippen LogP contribution in [0.3, 0.4) is 0 Å². The third-order valence-electron chi connectivity index (χ3n) is 8.41. The van der Waals surface area contributed by atoms with Crippen LogP contribution in [0.4, 0.5) is 0 Å². The van der Waals surface area contributed by atoms with E-state index >= 15 is 0 Å². The standard InChI is InChI=1S/C33H36N2O10/c1-3-18(14-36)32(42)44-25-12-23-29(41)28-24(40)11-22(16-38)43-31(28)27(19-5-4-6-21(39)10-19)30(23)45-33(25,2)20(15-37)9-17-7-8-26(34)35-13-17/h3-8,10-11,13,20,25-26,35-39,41H,9,12,14-16,34H2,1-2H3. The number of hydrogen-bond donors (Lipinski definition) is 7. The Hall–Kier alpha value is -4.62. The number of rotatable bonds is 9. The number of allylic oxidation sites excluding steroid dienone is 3. The number of phenols is 2. The van der Waals surface area contributed by atoms with Crippen LogP contribution in [-0.4, -0.2) is 62.6 Å². The van der Waals surface area contributed by atoms with Gasteiger partial charge in [0.15, 0.2) is 11.0 Å². The first-order valence-corrected chi connectivity index (χ1v) is 14.4. The lowest BCUT2D eigenvalue weighted by Gasteiger charge is -2.46. The number of esters is 1. The molecule has 45 heavy (non-hydrogen) atoms. The van der Waals surface area contributed by atoms with Gasteiger partial charge >= 0.3 is 5.97 Å². The highest BCUT2D eigenvalue weighted by atomic mass is 16.6. The van der Waals surface area contributed by atoms with Crippen molar-refractivity contribution in [2.45, 2.75) is 51.2 Å². The molecule has 2 aliphatic rings. The normalized spacial score (nSPS) is 21.8. The van der Waals surface area contributed by atoms with Gasteiger partial charge in [-0.15, -0.1) is 0 Å². The van der Waals surface area contributed by atoms with Gasteiger partial charge in [-0.2, -0.15) is 0 Å². The molecule has 5 rings (SSSR count). The highest BCUT2D eigenvalue weighted by Crippen LogP contribution is 2.52. The Morgan fingerprint density at radius 2 is 2.02 bits per heavy atom. The van der Waals surface area contributed by atoms with E-state index in [2.05, 4.69) is 5.32 Å². The Morgan fingerprint density at radius 1 is 1.24 bits per heavy atom. The van der Waals surface area contributed by atoms with Crippen molar-refractivity contribution < 1.29 is 44.2 Å². The summed E-state index contributed by atoms with van der Waals surface area (Å²) in [6.07, 6.45) is 5.33. The van der Waals surface area contributed by atoms with Gasteiger partial charge in [0.25, 0.3) is 0 Å². The van der Waals surface area contributed by atoms with Crippen LogP contribution in [0.2, 0.25) is 0 Å². The van der Waals surface area contributed by atoms with Gasteiger partial charge in [0.1, 0.15) is 46.7 Å². The Morgan fingerprint density at radius 3 is 2.64 bits per heavy atom. The molecule has 3 heterocycles. The monoisotopic (exact) mass is 620 g/mol. The number of hydrogen-bond acceptors (Lipinski definition) is 12. The first-order chi connectivity index (χ1) is 21.5. The number of ether oxygens (including phenoxy) is 2. The second kappa shape index (κ2) is 12.8. The van der Waals surface area contributed by atoms with Crippen molar-refractivity contribution in [3.63, 3.8) is 0 Å². The maximum atomic E-state index is 13.3. The second-order valence-electron chi connectivity index (χ2n) is 11.2. The number of fused-ring (bicyclic) bond motifs is 2. The number of nitrogens with one attached hydrogen (secondary N) is 1. The lowest BCUT2D eigenvalue weighted by atomic mass is 9.75. The molecule has 0 amide bonds. The highest BCUT2D eigenvalue weighted by molar-refractivity contribution is 6.01. The minimum Gasteiger partial charge on any atom is -0.508 e. The van der Waals surface area contributed by atoms with Gasteiger partial charge in [0.2, 0.25) is 0 Å². The fourth-order valence-electron chi connectivity index (χ4n) is 5.81. The molecule has 4 atom stereocenters. The van der Waals surface area contributed by atoms with Crippen molar-refractivity contribution in [2.75, 3.05) is 13.2 Å². The van der Waals surface area contributed by atoms with Crippen LogP contribution in [-0.2, 0) is 22.6 Å². The number of carbonyl (C=O) groups excluding carboxylic acids is 1. The van der Waals surface area contributed by atoms with Crippen LogP contribution in [0.15, 0.2) is 75.1 Å². The maximum Gasteiger partial charge on any atom is 0.336 e. The molecule has 0 radical (unpaired) electrons. The summed E-state index contributed by atoms with van der Waals surface area (Å²) in [5, 5.41) is 55.0. The molecule has 2 aromatic carbocycles. The summed E-state index contributed by atoms with van der Waals surface area (Å²) in [7, 11) is 0. The van der Waals surface area contributed by atoms with E-state index < -0.39 is 54.6 Å². The topological polar surface area (TPSA) is 205 Å². The molecule has 8 N–H and O–H groups in total. The number of aliphatic hydroxyl groups excluding tert-OH is 3. The third-order valence-corrected chi connectivity index (χ3v) is 8.41. The van der Waals surface area contributed by atoms with Crippen molar-refractivity contribution in [2.24, 2.45) is 11.7 Å². The minimum absolute atomic E-state index is 0.000153. The number of nitrogens with two attached hydrogens (primary N) is 1. The molecule has 4 unspecified atom stereocenters. The average molecular weight is 621 g/mol. The summed E-state index contributed by atoms with van der Waals surface area (Å²) in [6, 6.07) is 7.19. The number of aliphatic hydroxyl groups is 3. The zero-order valence-electron chi connectivity index (χ0n) is 24.8. The van der Waals surface area contributed by atoms with E-state index in [1.165, 1.54) is 18.2 Å². The summed E-state index contributed by atoms with van der Waals surface area (Å²) in [5.41, 5.74) is 5.23. The number of aromatic hydroxyl groups is 2. The lowest BCUT2D eigenvalue weighted by molar-refractivity contribution is -0.167. The minimum atomic E-state index is -1.46. The fraction of sp³-hybridized carbons (Fsp3) is 0.333. The molecule has 0 aliphatic carbocycles. The van der Waals surface area contributed by atoms with Gasteiger partial charge in [-0.25, -0.2) is 4.79 Å². The molecule has 12 heteroatoms. The molecule has 0 spiro atoms. The predicted octanol–water partition coefficient (Wildman–Crippen LogP) is 2.23. The van der Waals surface area contributed by atoms with Crippen LogP contribution in [0, 0.1) is 5.92 Å².